The van der Waals surface area contributed by atoms with Crippen LogP contribution in [0.15, 0.2) is 47.4 Å². The molecule has 0 aliphatic rings. The third-order valence-electron chi connectivity index (χ3n) is 3.79. The molecule has 0 atom stereocenters. The minimum atomic E-state index is -4.87. The lowest BCUT2D eigenvalue weighted by molar-refractivity contribution is -0.139. The van der Waals surface area contributed by atoms with Crippen molar-refractivity contribution in [2.24, 2.45) is 0 Å². The topological polar surface area (TPSA) is 42.3 Å². The Morgan fingerprint density at radius 2 is 1.52 bits per heavy atom. The van der Waals surface area contributed by atoms with Crippen LogP contribution in [0.1, 0.15) is 16.7 Å². The van der Waals surface area contributed by atoms with E-state index in [1.807, 2.05) is 0 Å². The molecule has 0 aliphatic heterocycles. The van der Waals surface area contributed by atoms with Crippen LogP contribution in [0, 0.1) is 0 Å². The van der Waals surface area contributed by atoms with E-state index in [4.69, 9.17) is 0 Å². The number of halogens is 6. The first kappa shape index (κ1) is 20.5. The maximum Gasteiger partial charge on any atom is 0.421 e. The molecular formula is C17H14F6N2O2. The van der Waals surface area contributed by atoms with Gasteiger partial charge in [0.1, 0.15) is 12.1 Å². The Labute approximate surface area is 149 Å². The molecule has 2 aromatic rings. The van der Waals surface area contributed by atoms with Gasteiger partial charge in [-0.1, -0.05) is 18.2 Å². The first-order chi connectivity index (χ1) is 12.4. The number of alkyl halides is 6. The van der Waals surface area contributed by atoms with E-state index in [1.54, 1.807) is 0 Å². The molecule has 27 heavy (non-hydrogen) atoms. The lowest BCUT2D eigenvalue weighted by Gasteiger charge is -2.21. The van der Waals surface area contributed by atoms with E-state index in [9.17, 15) is 35.9 Å². The fourth-order valence-electron chi connectivity index (χ4n) is 2.42. The number of amides is 1. The van der Waals surface area contributed by atoms with Crippen LogP contribution in [0.25, 0.3) is 0 Å². The summed E-state index contributed by atoms with van der Waals surface area (Å²) in [6.45, 7) is -1.14. The molecule has 10 heteroatoms. The van der Waals surface area contributed by atoms with E-state index in [2.05, 4.69) is 0 Å². The number of nitrogens with zero attached hydrogens (tertiary/aromatic N) is 2. The van der Waals surface area contributed by atoms with Gasteiger partial charge in [-0.05, 0) is 23.8 Å². The summed E-state index contributed by atoms with van der Waals surface area (Å²) in [6, 6.07) is 6.20. The summed E-state index contributed by atoms with van der Waals surface area (Å²) >= 11 is 0. The van der Waals surface area contributed by atoms with Crippen LogP contribution in [0.4, 0.5) is 26.3 Å². The molecule has 0 radical (unpaired) electrons. The summed E-state index contributed by atoms with van der Waals surface area (Å²) in [5, 5.41) is 0. The predicted molar refractivity (Wildman–Crippen MR) is 83.6 cm³/mol. The molecule has 0 aliphatic carbocycles. The molecule has 0 saturated heterocycles. The Kier molecular flexibility index (Phi) is 5.67. The largest absolute Gasteiger partial charge is 0.421 e. The maximum atomic E-state index is 13.0. The summed E-state index contributed by atoms with van der Waals surface area (Å²) in [5.41, 5.74) is -3.91. The molecule has 1 amide bonds. The average Bonchev–Trinajstić information content (AvgIpc) is 2.55. The molecule has 1 heterocycles. The Hall–Kier alpha value is -2.78. The van der Waals surface area contributed by atoms with Crippen molar-refractivity contribution in [3.63, 3.8) is 0 Å². The van der Waals surface area contributed by atoms with Crippen molar-refractivity contribution in [3.05, 3.63) is 69.6 Å². The van der Waals surface area contributed by atoms with Crippen molar-refractivity contribution < 1.29 is 31.1 Å². The molecular weight excluding hydrogens is 378 g/mol. The van der Waals surface area contributed by atoms with Gasteiger partial charge in [0.25, 0.3) is 5.56 Å². The summed E-state index contributed by atoms with van der Waals surface area (Å²) < 4.78 is 77.8. The smallest absolute Gasteiger partial charge is 0.340 e. The molecule has 0 bridgehead atoms. The highest BCUT2D eigenvalue weighted by atomic mass is 19.4. The van der Waals surface area contributed by atoms with Crippen LogP contribution in [-0.4, -0.2) is 22.4 Å². The SMILES string of the molecule is CN(Cc1ccccc1C(F)(F)F)C(=O)Cn1cccc(C(F)(F)F)c1=O. The molecule has 0 unspecified atom stereocenters. The standard InChI is InChI=1S/C17H14F6N2O2/c1-24(9-11-5-2-3-6-12(11)16(18,19)20)14(26)10-25-8-4-7-13(15(25)27)17(21,22)23/h2-8H,9-10H2,1H3. The van der Waals surface area contributed by atoms with Gasteiger partial charge in [0.15, 0.2) is 0 Å². The van der Waals surface area contributed by atoms with Crippen LogP contribution < -0.4 is 5.56 Å². The minimum Gasteiger partial charge on any atom is -0.340 e. The van der Waals surface area contributed by atoms with Gasteiger partial charge in [0.2, 0.25) is 5.91 Å². The molecule has 4 nitrogen and oxygen atoms in total. The zero-order chi connectivity index (χ0) is 20.4. The van der Waals surface area contributed by atoms with Crippen molar-refractivity contribution in [2.45, 2.75) is 25.4 Å². The van der Waals surface area contributed by atoms with Crippen molar-refractivity contribution >= 4 is 5.91 Å². The van der Waals surface area contributed by atoms with Gasteiger partial charge in [-0.2, -0.15) is 26.3 Å². The third-order valence-corrected chi connectivity index (χ3v) is 3.79. The van der Waals surface area contributed by atoms with Crippen molar-refractivity contribution in [2.75, 3.05) is 7.05 Å². The Morgan fingerprint density at radius 1 is 0.963 bits per heavy atom. The fourth-order valence-corrected chi connectivity index (χ4v) is 2.42. The van der Waals surface area contributed by atoms with Crippen molar-refractivity contribution in [1.29, 1.82) is 0 Å². The highest BCUT2D eigenvalue weighted by molar-refractivity contribution is 5.75. The van der Waals surface area contributed by atoms with Gasteiger partial charge >= 0.3 is 12.4 Å². The predicted octanol–water partition coefficient (Wildman–Crippen LogP) is 3.54. The number of hydrogen-bond acceptors (Lipinski definition) is 2. The maximum absolute atomic E-state index is 13.0. The van der Waals surface area contributed by atoms with Crippen LogP contribution in [0.3, 0.4) is 0 Å². The first-order valence-corrected chi connectivity index (χ1v) is 7.57. The summed E-state index contributed by atoms with van der Waals surface area (Å²) in [5.74, 6) is -0.812. The van der Waals surface area contributed by atoms with Gasteiger partial charge in [-0.15, -0.1) is 0 Å². The van der Waals surface area contributed by atoms with Crippen LogP contribution in [0.5, 0.6) is 0 Å². The number of aromatic nitrogens is 1. The van der Waals surface area contributed by atoms with Gasteiger partial charge in [-0.3, -0.25) is 9.59 Å². The second-order valence-electron chi connectivity index (χ2n) is 5.76. The Balaban J connectivity index is 2.20. The number of carbonyl (C=O) groups is 1. The van der Waals surface area contributed by atoms with Gasteiger partial charge in [-0.25, -0.2) is 0 Å². The van der Waals surface area contributed by atoms with Crippen LogP contribution >= 0.6 is 0 Å². The monoisotopic (exact) mass is 392 g/mol. The Bertz CT molecular complexity index is 886. The van der Waals surface area contributed by atoms with E-state index >= 15 is 0 Å². The molecule has 146 valence electrons. The van der Waals surface area contributed by atoms with Gasteiger partial charge in [0.05, 0.1) is 5.56 Å². The summed E-state index contributed by atoms with van der Waals surface area (Å²) in [4.78, 5) is 24.9. The molecule has 0 spiro atoms. The Morgan fingerprint density at radius 3 is 2.11 bits per heavy atom. The highest BCUT2D eigenvalue weighted by Gasteiger charge is 2.35. The van der Waals surface area contributed by atoms with Crippen molar-refractivity contribution in [1.82, 2.24) is 9.47 Å². The fraction of sp³-hybridized carbons (Fsp3) is 0.294. The lowest BCUT2D eigenvalue weighted by atomic mass is 10.1. The van der Waals surface area contributed by atoms with Crippen LogP contribution in [-0.2, 0) is 30.2 Å². The van der Waals surface area contributed by atoms with E-state index in [1.165, 1.54) is 25.2 Å². The van der Waals surface area contributed by atoms with E-state index in [0.29, 0.717) is 10.6 Å². The summed E-state index contributed by atoms with van der Waals surface area (Å²) in [7, 11) is 1.20. The molecule has 1 aromatic heterocycles. The third kappa shape index (κ3) is 4.89. The quantitative estimate of drug-likeness (QED) is 0.747. The van der Waals surface area contributed by atoms with Gasteiger partial charge < -0.3 is 9.47 Å². The number of carbonyl (C=O) groups excluding carboxylic acids is 1. The molecule has 2 rings (SSSR count). The van der Waals surface area contributed by atoms with E-state index < -0.39 is 48.0 Å². The second kappa shape index (κ2) is 7.45. The summed E-state index contributed by atoms with van der Waals surface area (Å²) in [6.07, 6.45) is -8.48. The number of rotatable bonds is 4. The zero-order valence-corrected chi connectivity index (χ0v) is 13.9. The number of hydrogen-bond donors (Lipinski definition) is 0. The second-order valence-corrected chi connectivity index (χ2v) is 5.76. The molecule has 0 N–H and O–H groups in total. The van der Waals surface area contributed by atoms with Crippen molar-refractivity contribution in [3.8, 4) is 0 Å². The minimum absolute atomic E-state index is 0.169. The molecule has 0 saturated carbocycles. The van der Waals surface area contributed by atoms with E-state index in [-0.39, 0.29) is 5.56 Å². The highest BCUT2D eigenvalue weighted by Crippen LogP contribution is 2.32. The lowest BCUT2D eigenvalue weighted by Crippen LogP contribution is -2.35. The van der Waals surface area contributed by atoms with E-state index in [0.717, 1.165) is 23.2 Å². The zero-order valence-electron chi connectivity index (χ0n) is 13.9. The average molecular weight is 392 g/mol. The number of benzene rings is 1. The normalized spacial score (nSPS) is 12.1. The van der Waals surface area contributed by atoms with Crippen LogP contribution in [0.2, 0.25) is 0 Å². The number of likely N-dealkylation sites (N-methyl/N-ethyl adjacent to an activating group) is 1. The molecule has 0 fully saturated rings. The van der Waals surface area contributed by atoms with Gasteiger partial charge in [0, 0.05) is 19.8 Å². The molecule has 1 aromatic carbocycles. The first-order valence-electron chi connectivity index (χ1n) is 7.57. The number of pyridine rings is 1.